The molecule has 2 aliphatic heterocycles. The number of para-hydroxylation sites is 2. The molecule has 2 atom stereocenters. The molecule has 132 valence electrons. The predicted octanol–water partition coefficient (Wildman–Crippen LogP) is 4.46. The smallest absolute Gasteiger partial charge is 0.248 e. The number of rotatable bonds is 3. The molecule has 1 fully saturated rings. The van der Waals surface area contributed by atoms with Gasteiger partial charge in [0.1, 0.15) is 22.3 Å². The van der Waals surface area contributed by atoms with Crippen LogP contribution in [0.4, 0.5) is 17.1 Å². The number of nitrogens with zero attached hydrogens (tertiary/aromatic N) is 3. The van der Waals surface area contributed by atoms with Crippen molar-refractivity contribution >= 4 is 57.1 Å². The fourth-order valence-corrected chi connectivity index (χ4v) is 3.73. The number of aliphatic imine (C=N–C) groups is 2. The van der Waals surface area contributed by atoms with E-state index in [-0.39, 0.29) is 11.9 Å². The van der Waals surface area contributed by atoms with E-state index in [1.807, 2.05) is 36.4 Å². The van der Waals surface area contributed by atoms with Gasteiger partial charge in [-0.3, -0.25) is 9.79 Å². The van der Waals surface area contributed by atoms with Gasteiger partial charge < -0.3 is 9.64 Å². The zero-order valence-electron chi connectivity index (χ0n) is 13.9. The zero-order chi connectivity index (χ0) is 18.3. The first kappa shape index (κ1) is 17.1. The van der Waals surface area contributed by atoms with Crippen molar-refractivity contribution in [3.05, 3.63) is 48.5 Å². The summed E-state index contributed by atoms with van der Waals surface area (Å²) in [6, 6.07) is 14.4. The monoisotopic (exact) mass is 387 g/mol. The first-order chi connectivity index (χ1) is 12.6. The normalized spacial score (nSPS) is 22.0. The molecule has 2 aromatic carbocycles. The van der Waals surface area contributed by atoms with Crippen molar-refractivity contribution in [2.75, 3.05) is 12.0 Å². The standard InChI is InChI=1S/C19H15Cl2N3O2/c1-26-12-8-6-11(7-9-12)24-18(17(21)19(24)25)15-10-16(20)23-14-5-3-2-4-13(14)22-15/h2-9,17-18H,10H2,1H3. The fourth-order valence-electron chi connectivity index (χ4n) is 3.14. The maximum atomic E-state index is 12.4. The lowest BCUT2D eigenvalue weighted by molar-refractivity contribution is -0.122. The molecule has 0 aliphatic carbocycles. The van der Waals surface area contributed by atoms with Crippen LogP contribution in [0.15, 0.2) is 58.5 Å². The van der Waals surface area contributed by atoms with Crippen molar-refractivity contribution in [3.8, 4) is 5.75 Å². The van der Waals surface area contributed by atoms with E-state index in [1.54, 1.807) is 24.1 Å². The van der Waals surface area contributed by atoms with E-state index in [2.05, 4.69) is 4.99 Å². The van der Waals surface area contributed by atoms with Gasteiger partial charge in [0.2, 0.25) is 5.91 Å². The van der Waals surface area contributed by atoms with Crippen molar-refractivity contribution in [1.29, 1.82) is 0 Å². The van der Waals surface area contributed by atoms with Crippen LogP contribution >= 0.6 is 23.2 Å². The molecule has 4 rings (SSSR count). The number of β-lactam (4-membered cyclic amide) rings is 1. The van der Waals surface area contributed by atoms with Gasteiger partial charge in [0.25, 0.3) is 0 Å². The fraction of sp³-hybridized carbons (Fsp3) is 0.211. The van der Waals surface area contributed by atoms with Crippen molar-refractivity contribution in [2.24, 2.45) is 9.98 Å². The van der Waals surface area contributed by atoms with Crippen LogP contribution in [0.5, 0.6) is 5.75 Å². The molecule has 26 heavy (non-hydrogen) atoms. The second-order valence-electron chi connectivity index (χ2n) is 6.01. The largest absolute Gasteiger partial charge is 0.497 e. The Bertz CT molecular complexity index is 925. The van der Waals surface area contributed by atoms with Crippen molar-refractivity contribution < 1.29 is 9.53 Å². The Balaban J connectivity index is 1.72. The van der Waals surface area contributed by atoms with E-state index in [1.165, 1.54) is 0 Å². The molecule has 7 heteroatoms. The molecule has 0 spiro atoms. The summed E-state index contributed by atoms with van der Waals surface area (Å²) in [6.07, 6.45) is 0.351. The molecule has 5 nitrogen and oxygen atoms in total. The lowest BCUT2D eigenvalue weighted by atomic mass is 9.93. The summed E-state index contributed by atoms with van der Waals surface area (Å²) in [5.74, 6) is 0.562. The minimum Gasteiger partial charge on any atom is -0.497 e. The van der Waals surface area contributed by atoms with Gasteiger partial charge in [0.15, 0.2) is 0 Å². The molecule has 0 saturated carbocycles. The Morgan fingerprint density at radius 2 is 1.73 bits per heavy atom. The Kier molecular flexibility index (Phi) is 4.42. The van der Waals surface area contributed by atoms with E-state index in [9.17, 15) is 4.79 Å². The van der Waals surface area contributed by atoms with Gasteiger partial charge in [-0.2, -0.15) is 0 Å². The molecule has 2 unspecified atom stereocenters. The van der Waals surface area contributed by atoms with Crippen molar-refractivity contribution in [1.82, 2.24) is 0 Å². The van der Waals surface area contributed by atoms with Gasteiger partial charge >= 0.3 is 0 Å². The van der Waals surface area contributed by atoms with Crippen LogP contribution in [0.1, 0.15) is 6.42 Å². The molecule has 0 N–H and O–H groups in total. The number of ether oxygens (including phenoxy) is 1. The van der Waals surface area contributed by atoms with Gasteiger partial charge in [-0.05, 0) is 36.4 Å². The first-order valence-electron chi connectivity index (χ1n) is 8.09. The summed E-state index contributed by atoms with van der Waals surface area (Å²) < 4.78 is 5.17. The van der Waals surface area contributed by atoms with E-state index in [4.69, 9.17) is 32.9 Å². The molecule has 0 radical (unpaired) electrons. The third-order valence-electron chi connectivity index (χ3n) is 4.44. The summed E-state index contributed by atoms with van der Waals surface area (Å²) in [6.45, 7) is 0. The van der Waals surface area contributed by atoms with Crippen LogP contribution in [-0.4, -0.2) is 35.3 Å². The SMILES string of the molecule is COc1ccc(N2C(=O)C(Cl)C2C2=Nc3ccccc3N=C(Cl)C2)cc1. The maximum Gasteiger partial charge on any atom is 0.248 e. The van der Waals surface area contributed by atoms with Crippen LogP contribution in [0.2, 0.25) is 0 Å². The summed E-state index contributed by atoms with van der Waals surface area (Å²) >= 11 is 12.6. The number of hydrogen-bond acceptors (Lipinski definition) is 4. The molecule has 2 aliphatic rings. The molecule has 1 amide bonds. The van der Waals surface area contributed by atoms with Crippen LogP contribution in [0.3, 0.4) is 0 Å². The minimum absolute atomic E-state index is 0.157. The van der Waals surface area contributed by atoms with E-state index < -0.39 is 5.38 Å². The van der Waals surface area contributed by atoms with E-state index >= 15 is 0 Å². The van der Waals surface area contributed by atoms with E-state index in [0.29, 0.717) is 17.3 Å². The quantitative estimate of drug-likeness (QED) is 0.576. The highest BCUT2D eigenvalue weighted by atomic mass is 35.5. The highest BCUT2D eigenvalue weighted by Gasteiger charge is 2.50. The van der Waals surface area contributed by atoms with Gasteiger partial charge in [0.05, 0.1) is 24.2 Å². The summed E-state index contributed by atoms with van der Waals surface area (Å²) in [5, 5.41) is -0.253. The highest BCUT2D eigenvalue weighted by molar-refractivity contribution is 6.67. The van der Waals surface area contributed by atoms with Crippen molar-refractivity contribution in [2.45, 2.75) is 17.8 Å². The van der Waals surface area contributed by atoms with Gasteiger partial charge in [-0.25, -0.2) is 4.99 Å². The molecule has 2 heterocycles. The molecule has 0 bridgehead atoms. The average molecular weight is 388 g/mol. The second kappa shape index (κ2) is 6.74. The third kappa shape index (κ3) is 2.87. The Morgan fingerprint density at radius 3 is 2.38 bits per heavy atom. The van der Waals surface area contributed by atoms with Crippen LogP contribution in [0.25, 0.3) is 0 Å². The van der Waals surface area contributed by atoms with Gasteiger partial charge in [-0.15, -0.1) is 11.6 Å². The second-order valence-corrected chi connectivity index (χ2v) is 6.92. The lowest BCUT2D eigenvalue weighted by Gasteiger charge is -2.44. The Morgan fingerprint density at radius 1 is 1.08 bits per heavy atom. The average Bonchev–Trinajstić information content (AvgIpc) is 2.82. The number of carbonyl (C=O) groups excluding carboxylic acids is 1. The highest BCUT2D eigenvalue weighted by Crippen LogP contribution is 2.38. The number of fused-ring (bicyclic) bond motifs is 1. The summed E-state index contributed by atoms with van der Waals surface area (Å²) in [4.78, 5) is 23.2. The van der Waals surface area contributed by atoms with Crippen LogP contribution < -0.4 is 9.64 Å². The number of amides is 1. The topological polar surface area (TPSA) is 54.3 Å². The van der Waals surface area contributed by atoms with Crippen LogP contribution in [-0.2, 0) is 4.79 Å². The van der Waals surface area contributed by atoms with Gasteiger partial charge in [0, 0.05) is 12.1 Å². The maximum absolute atomic E-state index is 12.4. The van der Waals surface area contributed by atoms with E-state index in [0.717, 1.165) is 22.8 Å². The number of methoxy groups -OCH3 is 1. The number of anilines is 1. The number of hydrogen-bond donors (Lipinski definition) is 0. The van der Waals surface area contributed by atoms with Crippen molar-refractivity contribution in [3.63, 3.8) is 0 Å². The molecular formula is C19H15Cl2N3O2. The summed E-state index contributed by atoms with van der Waals surface area (Å²) in [5.41, 5.74) is 2.89. The minimum atomic E-state index is -0.675. The number of benzene rings is 2. The Labute approximate surface area is 160 Å². The Hall–Kier alpha value is -2.37. The molecule has 0 aromatic heterocycles. The van der Waals surface area contributed by atoms with Gasteiger partial charge in [-0.1, -0.05) is 23.7 Å². The van der Waals surface area contributed by atoms with Crippen LogP contribution in [0, 0.1) is 0 Å². The molecule has 2 aromatic rings. The third-order valence-corrected chi connectivity index (χ3v) is 5.08. The number of halogens is 2. The zero-order valence-corrected chi connectivity index (χ0v) is 15.4. The number of carbonyl (C=O) groups is 1. The number of alkyl halides is 1. The predicted molar refractivity (Wildman–Crippen MR) is 105 cm³/mol. The lowest BCUT2D eigenvalue weighted by Crippen LogP contribution is -2.66. The molecular weight excluding hydrogens is 373 g/mol. The molecule has 1 saturated heterocycles. The first-order valence-corrected chi connectivity index (χ1v) is 8.90. The summed E-state index contributed by atoms with van der Waals surface area (Å²) in [7, 11) is 1.60.